The van der Waals surface area contributed by atoms with E-state index < -0.39 is 33.5 Å². The summed E-state index contributed by atoms with van der Waals surface area (Å²) in [5.41, 5.74) is 6.03. The number of benzene rings is 1. The van der Waals surface area contributed by atoms with Gasteiger partial charge in [-0.15, -0.1) is 0 Å². The van der Waals surface area contributed by atoms with Gasteiger partial charge in [0, 0.05) is 23.6 Å². The maximum atomic E-state index is 13.5. The van der Waals surface area contributed by atoms with E-state index in [9.17, 15) is 26.4 Å². The Morgan fingerprint density at radius 3 is 2.51 bits per heavy atom. The Hall–Kier alpha value is -3.94. The second-order valence-electron chi connectivity index (χ2n) is 7.37. The number of nitrogens with zero attached hydrogens (tertiary/aromatic N) is 3. The van der Waals surface area contributed by atoms with Crippen molar-refractivity contribution in [2.45, 2.75) is 26.6 Å². The number of pyridine rings is 1. The number of amides is 1. The molecule has 1 aromatic carbocycles. The van der Waals surface area contributed by atoms with E-state index in [0.717, 1.165) is 0 Å². The van der Waals surface area contributed by atoms with Crippen molar-refractivity contribution < 1.29 is 26.4 Å². The van der Waals surface area contributed by atoms with Crippen molar-refractivity contribution >= 4 is 39.1 Å². The van der Waals surface area contributed by atoms with Crippen LogP contribution in [0.25, 0.3) is 0 Å². The highest BCUT2D eigenvalue weighted by molar-refractivity contribution is 7.92. The third-order valence-corrected chi connectivity index (χ3v) is 6.07. The average Bonchev–Trinajstić information content (AvgIpc) is 2.78. The van der Waals surface area contributed by atoms with Crippen LogP contribution in [0.3, 0.4) is 0 Å². The van der Waals surface area contributed by atoms with Crippen LogP contribution in [0.5, 0.6) is 0 Å². The zero-order valence-electron chi connectivity index (χ0n) is 18.6. The molecule has 3 rings (SSSR count). The number of halogens is 3. The Balaban J connectivity index is 1.85. The van der Waals surface area contributed by atoms with E-state index in [4.69, 9.17) is 5.73 Å². The predicted molar refractivity (Wildman–Crippen MR) is 125 cm³/mol. The summed E-state index contributed by atoms with van der Waals surface area (Å²) in [6.07, 6.45) is -2.75. The number of primary amides is 1. The molecule has 0 fully saturated rings. The fraction of sp³-hybridized carbons (Fsp3) is 0.238. The first kappa shape index (κ1) is 25.7. The van der Waals surface area contributed by atoms with Gasteiger partial charge in [-0.2, -0.15) is 18.2 Å². The Morgan fingerprint density at radius 2 is 1.89 bits per heavy atom. The summed E-state index contributed by atoms with van der Waals surface area (Å²) < 4.78 is 66.5. The summed E-state index contributed by atoms with van der Waals surface area (Å²) in [6, 6.07) is 7.36. The molecule has 186 valence electrons. The number of hydrogen-bond donors (Lipinski definition) is 4. The fourth-order valence-electron chi connectivity index (χ4n) is 2.93. The van der Waals surface area contributed by atoms with Crippen LogP contribution in [-0.2, 0) is 22.7 Å². The molecule has 3 aromatic rings. The molecule has 0 saturated heterocycles. The second-order valence-corrected chi connectivity index (χ2v) is 9.38. The number of rotatable bonds is 9. The number of hydrogen-bond acceptors (Lipinski definition) is 8. The maximum Gasteiger partial charge on any atom is 0.421 e. The normalized spacial score (nSPS) is 11.7. The largest absolute Gasteiger partial charge is 0.421 e. The maximum absolute atomic E-state index is 13.5. The lowest BCUT2D eigenvalue weighted by Gasteiger charge is -2.16. The zero-order chi connectivity index (χ0) is 25.8. The summed E-state index contributed by atoms with van der Waals surface area (Å²) in [5.74, 6) is -1.37. The summed E-state index contributed by atoms with van der Waals surface area (Å²) in [6.45, 7) is 2.98. The molecule has 0 spiro atoms. The van der Waals surface area contributed by atoms with Gasteiger partial charge in [0.15, 0.2) is 0 Å². The predicted octanol–water partition coefficient (Wildman–Crippen LogP) is 3.42. The monoisotopic (exact) mass is 509 g/mol. The number of nitrogens with one attached hydrogen (secondary N) is 3. The first-order valence-corrected chi connectivity index (χ1v) is 11.8. The lowest BCUT2D eigenvalue weighted by molar-refractivity contribution is -0.137. The van der Waals surface area contributed by atoms with Gasteiger partial charge < -0.3 is 16.4 Å². The SMILES string of the molecule is CCS(=O)(=O)Nc1ccnc(CNc2nc(Nc3ccc(C(N)=O)cc3C)ncc2C(F)(F)F)c1. The van der Waals surface area contributed by atoms with Crippen LogP contribution in [0.2, 0.25) is 0 Å². The van der Waals surface area contributed by atoms with Crippen LogP contribution in [0, 0.1) is 6.92 Å². The van der Waals surface area contributed by atoms with Gasteiger partial charge in [-0.25, -0.2) is 13.4 Å². The van der Waals surface area contributed by atoms with Crippen LogP contribution in [0.1, 0.15) is 34.1 Å². The minimum Gasteiger partial charge on any atom is -0.366 e. The minimum absolute atomic E-state index is 0.118. The van der Waals surface area contributed by atoms with Gasteiger partial charge >= 0.3 is 6.18 Å². The molecule has 14 heteroatoms. The highest BCUT2D eigenvalue weighted by Crippen LogP contribution is 2.34. The summed E-state index contributed by atoms with van der Waals surface area (Å²) in [7, 11) is -3.53. The average molecular weight is 510 g/mol. The van der Waals surface area contributed by atoms with E-state index in [2.05, 4.69) is 30.3 Å². The van der Waals surface area contributed by atoms with E-state index in [1.165, 1.54) is 43.5 Å². The Morgan fingerprint density at radius 1 is 1.14 bits per heavy atom. The quantitative estimate of drug-likeness (QED) is 0.342. The molecule has 0 bridgehead atoms. The number of sulfonamides is 1. The van der Waals surface area contributed by atoms with E-state index in [0.29, 0.717) is 17.4 Å². The molecule has 0 aliphatic heterocycles. The molecule has 35 heavy (non-hydrogen) atoms. The van der Waals surface area contributed by atoms with Gasteiger partial charge in [-0.1, -0.05) is 0 Å². The highest BCUT2D eigenvalue weighted by Gasteiger charge is 2.35. The van der Waals surface area contributed by atoms with E-state index >= 15 is 0 Å². The molecule has 1 amide bonds. The molecule has 10 nitrogen and oxygen atoms in total. The molecular weight excluding hydrogens is 487 g/mol. The molecule has 0 saturated carbocycles. The molecule has 0 atom stereocenters. The molecule has 0 aliphatic carbocycles. The summed E-state index contributed by atoms with van der Waals surface area (Å²) in [4.78, 5) is 23.1. The smallest absolute Gasteiger partial charge is 0.366 e. The Kier molecular flexibility index (Phi) is 7.43. The second kappa shape index (κ2) is 10.1. The number of aryl methyl sites for hydroxylation is 1. The molecule has 2 heterocycles. The van der Waals surface area contributed by atoms with Gasteiger partial charge in [0.05, 0.1) is 23.7 Å². The van der Waals surface area contributed by atoms with Crippen molar-refractivity contribution in [3.05, 3.63) is 65.1 Å². The van der Waals surface area contributed by atoms with E-state index in [1.54, 1.807) is 6.92 Å². The Labute approximate surface area is 199 Å². The van der Waals surface area contributed by atoms with Gasteiger partial charge in [0.2, 0.25) is 21.9 Å². The molecule has 2 aromatic heterocycles. The number of aromatic nitrogens is 3. The highest BCUT2D eigenvalue weighted by atomic mass is 32.2. The molecule has 0 unspecified atom stereocenters. The number of carbonyl (C=O) groups excluding carboxylic acids is 1. The number of nitrogens with two attached hydrogens (primary N) is 1. The fourth-order valence-corrected chi connectivity index (χ4v) is 3.56. The molecule has 0 aliphatic rings. The standard InChI is InChI=1S/C21H22F3N7O3S/c1-3-35(33,34)31-14-6-7-26-15(9-14)10-27-19-16(21(22,23)24)11-28-20(30-19)29-17-5-4-13(18(25)32)8-12(17)2/h4-9,11H,3,10H2,1-2H3,(H2,25,32)(H,26,31)(H2,27,28,29,30). The van der Waals surface area contributed by atoms with Crippen molar-refractivity contribution in [2.24, 2.45) is 5.73 Å². The van der Waals surface area contributed by atoms with Gasteiger partial charge in [-0.3, -0.25) is 14.5 Å². The topological polar surface area (TPSA) is 152 Å². The Bertz CT molecular complexity index is 1350. The van der Waals surface area contributed by atoms with Crippen molar-refractivity contribution in [1.82, 2.24) is 15.0 Å². The van der Waals surface area contributed by atoms with E-state index in [-0.39, 0.29) is 35.2 Å². The summed E-state index contributed by atoms with van der Waals surface area (Å²) in [5, 5.41) is 5.42. The summed E-state index contributed by atoms with van der Waals surface area (Å²) >= 11 is 0. The minimum atomic E-state index is -4.73. The lowest BCUT2D eigenvalue weighted by atomic mass is 10.1. The first-order chi connectivity index (χ1) is 16.4. The van der Waals surface area contributed by atoms with Crippen LogP contribution in [0.4, 0.5) is 36.3 Å². The van der Waals surface area contributed by atoms with Crippen molar-refractivity contribution in [3.8, 4) is 0 Å². The van der Waals surface area contributed by atoms with E-state index in [1.807, 2.05) is 0 Å². The third-order valence-electron chi connectivity index (χ3n) is 4.76. The van der Waals surface area contributed by atoms with Crippen LogP contribution < -0.4 is 21.1 Å². The van der Waals surface area contributed by atoms with Crippen molar-refractivity contribution in [1.29, 1.82) is 0 Å². The van der Waals surface area contributed by atoms with Crippen LogP contribution in [0.15, 0.2) is 42.7 Å². The first-order valence-electron chi connectivity index (χ1n) is 10.2. The molecule has 0 radical (unpaired) electrons. The van der Waals surface area contributed by atoms with Crippen LogP contribution in [-0.4, -0.2) is 35.0 Å². The van der Waals surface area contributed by atoms with Crippen LogP contribution >= 0.6 is 0 Å². The van der Waals surface area contributed by atoms with Gasteiger partial charge in [0.25, 0.3) is 0 Å². The number of anilines is 4. The van der Waals surface area contributed by atoms with Gasteiger partial charge in [-0.05, 0) is 49.7 Å². The van der Waals surface area contributed by atoms with Crippen molar-refractivity contribution in [3.63, 3.8) is 0 Å². The molecular formula is C21H22F3N7O3S. The molecule has 5 N–H and O–H groups in total. The van der Waals surface area contributed by atoms with Gasteiger partial charge in [0.1, 0.15) is 11.4 Å². The number of carbonyl (C=O) groups is 1. The third kappa shape index (κ3) is 6.79. The van der Waals surface area contributed by atoms with Crippen molar-refractivity contribution in [2.75, 3.05) is 21.1 Å². The number of alkyl halides is 3. The zero-order valence-corrected chi connectivity index (χ0v) is 19.5. The lowest BCUT2D eigenvalue weighted by Crippen LogP contribution is -2.16.